The van der Waals surface area contributed by atoms with E-state index in [1.807, 2.05) is 0 Å². The van der Waals surface area contributed by atoms with Crippen molar-refractivity contribution in [1.82, 2.24) is 15.6 Å². The van der Waals surface area contributed by atoms with Crippen LogP contribution in [0, 0.1) is 5.82 Å². The molecule has 0 aliphatic carbocycles. The highest BCUT2D eigenvalue weighted by atomic mass is 35.5. The quantitative estimate of drug-likeness (QED) is 0.208. The van der Waals surface area contributed by atoms with Crippen LogP contribution in [0.5, 0.6) is 11.5 Å². The first-order valence-electron chi connectivity index (χ1n) is 13.6. The Morgan fingerprint density at radius 3 is 2.29 bits per heavy atom. The van der Waals surface area contributed by atoms with Gasteiger partial charge in [-0.3, -0.25) is 4.79 Å². The molecule has 244 valence electrons. The topological polar surface area (TPSA) is 119 Å². The highest BCUT2D eigenvalue weighted by Crippen LogP contribution is 2.32. The second kappa shape index (κ2) is 13.9. The molecule has 0 saturated heterocycles. The maximum absolute atomic E-state index is 13.9. The van der Waals surface area contributed by atoms with Gasteiger partial charge in [-0.05, 0) is 88.7 Å². The Bertz CT molecular complexity index is 1540. The van der Waals surface area contributed by atoms with Crippen LogP contribution in [0.2, 0.25) is 5.02 Å². The zero-order valence-electron chi connectivity index (χ0n) is 25.4. The Labute approximate surface area is 262 Å². The summed E-state index contributed by atoms with van der Waals surface area (Å²) in [5.41, 5.74) is -0.442. The molecule has 0 fully saturated rings. The molecule has 0 aliphatic rings. The van der Waals surface area contributed by atoms with Gasteiger partial charge < -0.3 is 30.0 Å². The van der Waals surface area contributed by atoms with Gasteiger partial charge >= 0.3 is 12.3 Å². The number of hydrogen-bond donors (Lipinski definition) is 3. The molecule has 9 nitrogen and oxygen atoms in total. The van der Waals surface area contributed by atoms with Gasteiger partial charge in [0.2, 0.25) is 0 Å². The number of benzene rings is 2. The van der Waals surface area contributed by atoms with Crippen LogP contribution in [0.1, 0.15) is 62.3 Å². The number of hydrogen-bond acceptors (Lipinski definition) is 7. The number of carbonyl (C=O) groups excluding carboxylic acids is 2. The fourth-order valence-corrected chi connectivity index (χ4v) is 4.18. The number of aromatic nitrogens is 1. The van der Waals surface area contributed by atoms with Gasteiger partial charge in [0.1, 0.15) is 17.5 Å². The predicted molar refractivity (Wildman–Crippen MR) is 159 cm³/mol. The minimum absolute atomic E-state index is 0.0319. The first-order valence-corrected chi connectivity index (χ1v) is 14.0. The van der Waals surface area contributed by atoms with Crippen molar-refractivity contribution in [2.45, 2.75) is 58.0 Å². The van der Waals surface area contributed by atoms with Gasteiger partial charge in [0.15, 0.2) is 18.1 Å². The van der Waals surface area contributed by atoms with Gasteiger partial charge in [0, 0.05) is 17.7 Å². The Balaban J connectivity index is 1.88. The van der Waals surface area contributed by atoms with E-state index in [9.17, 15) is 32.3 Å². The molecule has 1 unspecified atom stereocenters. The third-order valence-electron chi connectivity index (χ3n) is 6.21. The van der Waals surface area contributed by atoms with E-state index < -0.39 is 47.8 Å². The molecular weight excluding hydrogens is 622 g/mol. The van der Waals surface area contributed by atoms with E-state index in [2.05, 4.69) is 15.6 Å². The molecule has 0 saturated carbocycles. The van der Waals surface area contributed by atoms with Crippen molar-refractivity contribution >= 4 is 23.6 Å². The molecule has 3 aromatic rings. The maximum atomic E-state index is 13.9. The zero-order valence-corrected chi connectivity index (χ0v) is 26.2. The van der Waals surface area contributed by atoms with Crippen molar-refractivity contribution in [3.05, 3.63) is 76.2 Å². The molecule has 1 heterocycles. The summed E-state index contributed by atoms with van der Waals surface area (Å²) in [4.78, 5) is 30.0. The Hall–Kier alpha value is -4.10. The molecule has 3 rings (SSSR count). The average molecular weight is 656 g/mol. The molecule has 2 aromatic carbocycles. The SMILES string of the molecule is COc1cc(C(=O)NCC(O)c2cc(C(C)(C)NC(=O)OC(C)(C)C)cc(-c3ccc(F)c(Cl)c3)n2)ccc1OCC(F)(F)F. The van der Waals surface area contributed by atoms with Gasteiger partial charge in [-0.1, -0.05) is 11.6 Å². The number of aliphatic hydroxyl groups excluding tert-OH is 1. The summed E-state index contributed by atoms with van der Waals surface area (Å²) in [7, 11) is 1.21. The summed E-state index contributed by atoms with van der Waals surface area (Å²) in [5.74, 6) is -1.60. The lowest BCUT2D eigenvalue weighted by molar-refractivity contribution is -0.153. The van der Waals surface area contributed by atoms with Crippen LogP contribution in [0.15, 0.2) is 48.5 Å². The Kier molecular flexibility index (Phi) is 10.9. The number of nitrogens with one attached hydrogen (secondary N) is 2. The molecular formula is C31H34ClF4N3O6. The number of ether oxygens (including phenoxy) is 3. The van der Waals surface area contributed by atoms with E-state index in [1.165, 1.54) is 43.5 Å². The smallest absolute Gasteiger partial charge is 0.422 e. The van der Waals surface area contributed by atoms with E-state index in [1.54, 1.807) is 46.8 Å². The van der Waals surface area contributed by atoms with Crippen molar-refractivity contribution in [1.29, 1.82) is 0 Å². The number of carbonyl (C=O) groups is 2. The first-order chi connectivity index (χ1) is 20.8. The molecule has 3 N–H and O–H groups in total. The summed E-state index contributed by atoms with van der Waals surface area (Å²) in [6.45, 7) is 6.71. The van der Waals surface area contributed by atoms with Crippen LogP contribution in [-0.4, -0.2) is 54.1 Å². The summed E-state index contributed by atoms with van der Waals surface area (Å²) in [6, 6.07) is 10.8. The number of aliphatic hydroxyl groups is 1. The van der Waals surface area contributed by atoms with E-state index in [0.29, 0.717) is 16.8 Å². The van der Waals surface area contributed by atoms with Crippen molar-refractivity contribution in [2.24, 2.45) is 0 Å². The van der Waals surface area contributed by atoms with Crippen LogP contribution in [0.4, 0.5) is 22.4 Å². The lowest BCUT2D eigenvalue weighted by atomic mass is 9.92. The van der Waals surface area contributed by atoms with Crippen LogP contribution in [0.25, 0.3) is 11.3 Å². The average Bonchev–Trinajstić information content (AvgIpc) is 2.93. The number of halogens is 5. The number of alkyl halides is 3. The Morgan fingerprint density at radius 2 is 1.69 bits per heavy atom. The third-order valence-corrected chi connectivity index (χ3v) is 6.50. The number of methoxy groups -OCH3 is 1. The standard InChI is InChI=1S/C31H34ClF4N3O6/c1-29(2,3)45-28(42)39-30(4,5)19-13-22(17-7-9-21(33)20(32)11-17)38-23(14-19)24(40)15-37-27(41)18-8-10-25(26(12-18)43-6)44-16-31(34,35)36/h7-14,24,40H,15-16H2,1-6H3,(H,37,41)(H,39,42). The summed E-state index contributed by atoms with van der Waals surface area (Å²) in [5, 5.41) is 16.3. The summed E-state index contributed by atoms with van der Waals surface area (Å²) < 4.78 is 66.7. The third kappa shape index (κ3) is 10.2. The second-order valence-corrected chi connectivity index (χ2v) is 11.9. The van der Waals surface area contributed by atoms with Gasteiger partial charge in [0.25, 0.3) is 5.91 Å². The largest absolute Gasteiger partial charge is 0.493 e. The van der Waals surface area contributed by atoms with Crippen molar-refractivity contribution in [3.63, 3.8) is 0 Å². The predicted octanol–water partition coefficient (Wildman–Crippen LogP) is 6.71. The first kappa shape index (κ1) is 35.4. The fraction of sp³-hybridized carbons (Fsp3) is 0.387. The fourth-order valence-electron chi connectivity index (χ4n) is 4.00. The minimum Gasteiger partial charge on any atom is -0.493 e. The van der Waals surface area contributed by atoms with Crippen LogP contribution in [-0.2, 0) is 10.3 Å². The molecule has 0 radical (unpaired) electrons. The number of rotatable bonds is 10. The molecule has 0 aliphatic heterocycles. The minimum atomic E-state index is -4.56. The lowest BCUT2D eigenvalue weighted by Gasteiger charge is -2.30. The molecule has 45 heavy (non-hydrogen) atoms. The molecule has 14 heteroatoms. The van der Waals surface area contributed by atoms with Gasteiger partial charge in [0.05, 0.1) is 29.1 Å². The molecule has 2 amide bonds. The van der Waals surface area contributed by atoms with Crippen LogP contribution in [0.3, 0.4) is 0 Å². The molecule has 1 atom stereocenters. The lowest BCUT2D eigenvalue weighted by Crippen LogP contribution is -2.44. The van der Waals surface area contributed by atoms with Gasteiger partial charge in [-0.2, -0.15) is 13.2 Å². The summed E-state index contributed by atoms with van der Waals surface area (Å²) in [6.07, 6.45) is -6.61. The van der Waals surface area contributed by atoms with Crippen molar-refractivity contribution in [2.75, 3.05) is 20.3 Å². The van der Waals surface area contributed by atoms with Crippen LogP contribution >= 0.6 is 11.6 Å². The van der Waals surface area contributed by atoms with Crippen molar-refractivity contribution < 1.29 is 46.5 Å². The monoisotopic (exact) mass is 655 g/mol. The number of amides is 2. The Morgan fingerprint density at radius 1 is 1.00 bits per heavy atom. The second-order valence-electron chi connectivity index (χ2n) is 11.5. The van der Waals surface area contributed by atoms with E-state index in [-0.39, 0.29) is 34.3 Å². The number of nitrogens with zero attached hydrogens (tertiary/aromatic N) is 1. The van der Waals surface area contributed by atoms with E-state index >= 15 is 0 Å². The van der Waals surface area contributed by atoms with E-state index in [4.69, 9.17) is 25.8 Å². The number of alkyl carbamates (subject to hydrolysis) is 1. The van der Waals surface area contributed by atoms with Crippen molar-refractivity contribution in [3.8, 4) is 22.8 Å². The summed E-state index contributed by atoms with van der Waals surface area (Å²) >= 11 is 6.00. The highest BCUT2D eigenvalue weighted by molar-refractivity contribution is 6.31. The normalized spacial score (nSPS) is 12.7. The molecule has 1 aromatic heterocycles. The van der Waals surface area contributed by atoms with Gasteiger partial charge in [-0.25, -0.2) is 14.2 Å². The van der Waals surface area contributed by atoms with E-state index in [0.717, 1.165) is 0 Å². The maximum Gasteiger partial charge on any atom is 0.422 e. The molecule has 0 spiro atoms. The number of pyridine rings is 1. The molecule has 0 bridgehead atoms. The van der Waals surface area contributed by atoms with Gasteiger partial charge in [-0.15, -0.1) is 0 Å². The highest BCUT2D eigenvalue weighted by Gasteiger charge is 2.30. The zero-order chi connectivity index (χ0) is 33.7. The van der Waals surface area contributed by atoms with Crippen LogP contribution < -0.4 is 20.1 Å².